The van der Waals surface area contributed by atoms with Crippen LogP contribution in [0.3, 0.4) is 0 Å². The van der Waals surface area contributed by atoms with E-state index in [1.807, 2.05) is 0 Å². The normalized spacial score (nSPS) is 10.8. The van der Waals surface area contributed by atoms with Crippen molar-refractivity contribution in [1.82, 2.24) is 9.97 Å². The summed E-state index contributed by atoms with van der Waals surface area (Å²) in [5.74, 6) is 0.0693. The number of carbonyl (C=O) groups is 1. The number of hydrogen-bond donors (Lipinski definition) is 1. The lowest BCUT2D eigenvalue weighted by atomic mass is 10.1. The number of benzene rings is 2. The van der Waals surface area contributed by atoms with Crippen LogP contribution in [0.4, 0.5) is 0 Å². The fraction of sp³-hybridized carbons (Fsp3) is 0.0625. The molecule has 0 spiro atoms. The Kier molecular flexibility index (Phi) is 3.96. The first-order valence-corrected chi connectivity index (χ1v) is 7.26. The van der Waals surface area contributed by atoms with Gasteiger partial charge in [0, 0.05) is 10.6 Å². The summed E-state index contributed by atoms with van der Waals surface area (Å²) in [5.41, 5.74) is 0.633. The van der Waals surface area contributed by atoms with E-state index in [-0.39, 0.29) is 22.8 Å². The van der Waals surface area contributed by atoms with Gasteiger partial charge in [-0.25, -0.2) is 4.98 Å². The van der Waals surface area contributed by atoms with Gasteiger partial charge in [-0.2, -0.15) is 0 Å². The highest BCUT2D eigenvalue weighted by molar-refractivity contribution is 6.36. The van der Waals surface area contributed by atoms with Crippen molar-refractivity contribution in [3.63, 3.8) is 0 Å². The molecule has 3 rings (SSSR count). The van der Waals surface area contributed by atoms with Gasteiger partial charge in [0.05, 0.1) is 22.3 Å². The molecular weight excluding hydrogens is 323 g/mol. The van der Waals surface area contributed by atoms with Crippen LogP contribution in [-0.2, 0) is 6.42 Å². The third-order valence-electron chi connectivity index (χ3n) is 3.22. The summed E-state index contributed by atoms with van der Waals surface area (Å²) < 4.78 is 0. The molecule has 3 aromatic rings. The van der Waals surface area contributed by atoms with Crippen molar-refractivity contribution >= 4 is 39.9 Å². The van der Waals surface area contributed by atoms with E-state index in [4.69, 9.17) is 23.2 Å². The minimum Gasteiger partial charge on any atom is -0.310 e. The maximum Gasteiger partial charge on any atom is 0.258 e. The molecule has 0 aliphatic carbocycles. The monoisotopic (exact) mass is 332 g/mol. The van der Waals surface area contributed by atoms with E-state index in [2.05, 4.69) is 9.97 Å². The van der Waals surface area contributed by atoms with Crippen LogP contribution in [-0.4, -0.2) is 15.8 Å². The van der Waals surface area contributed by atoms with Crippen molar-refractivity contribution in [2.75, 3.05) is 0 Å². The highest BCUT2D eigenvalue weighted by atomic mass is 35.5. The number of aromatic amines is 1. The van der Waals surface area contributed by atoms with E-state index in [1.165, 1.54) is 6.07 Å². The van der Waals surface area contributed by atoms with Gasteiger partial charge in [0.2, 0.25) is 0 Å². The largest absolute Gasteiger partial charge is 0.310 e. The molecule has 110 valence electrons. The molecule has 1 N–H and O–H groups in total. The quantitative estimate of drug-likeness (QED) is 0.744. The SMILES string of the molecule is O=C(Cc1nc2ccccc2c(=O)[nH]1)c1ccc(Cl)cc1Cl. The van der Waals surface area contributed by atoms with Gasteiger partial charge in [0.25, 0.3) is 5.56 Å². The van der Waals surface area contributed by atoms with Crippen LogP contribution in [0, 0.1) is 0 Å². The fourth-order valence-corrected chi connectivity index (χ4v) is 2.70. The van der Waals surface area contributed by atoms with Gasteiger partial charge in [-0.3, -0.25) is 9.59 Å². The number of Topliss-reactive ketones (excluding diaryl/α,β-unsaturated/α-hetero) is 1. The minimum absolute atomic E-state index is 0.0403. The molecule has 0 unspecified atom stereocenters. The molecule has 1 heterocycles. The Labute approximate surface area is 135 Å². The lowest BCUT2D eigenvalue weighted by Gasteiger charge is -2.05. The number of aromatic nitrogens is 2. The number of carbonyl (C=O) groups excluding carboxylic acids is 1. The molecule has 0 saturated carbocycles. The summed E-state index contributed by atoms with van der Waals surface area (Å²) in [6.45, 7) is 0. The van der Waals surface area contributed by atoms with Crippen molar-refractivity contribution in [2.24, 2.45) is 0 Å². The second kappa shape index (κ2) is 5.91. The lowest BCUT2D eigenvalue weighted by molar-refractivity contribution is 0.0991. The second-order valence-corrected chi connectivity index (χ2v) is 5.60. The summed E-state index contributed by atoms with van der Waals surface area (Å²) in [6.07, 6.45) is -0.0403. The Morgan fingerprint density at radius 2 is 1.91 bits per heavy atom. The molecular formula is C16H10Cl2N2O2. The van der Waals surface area contributed by atoms with Crippen LogP contribution in [0.25, 0.3) is 10.9 Å². The van der Waals surface area contributed by atoms with Crippen LogP contribution in [0.2, 0.25) is 10.0 Å². The number of H-pyrrole nitrogens is 1. The van der Waals surface area contributed by atoms with Crippen molar-refractivity contribution in [2.45, 2.75) is 6.42 Å². The van der Waals surface area contributed by atoms with E-state index in [1.54, 1.807) is 36.4 Å². The smallest absolute Gasteiger partial charge is 0.258 e. The molecule has 0 bridgehead atoms. The fourth-order valence-electron chi connectivity index (χ4n) is 2.18. The predicted molar refractivity (Wildman–Crippen MR) is 86.9 cm³/mol. The summed E-state index contributed by atoms with van der Waals surface area (Å²) in [7, 11) is 0. The van der Waals surface area contributed by atoms with Crippen molar-refractivity contribution in [3.05, 3.63) is 74.3 Å². The zero-order valence-electron chi connectivity index (χ0n) is 11.3. The van der Waals surface area contributed by atoms with Gasteiger partial charge >= 0.3 is 0 Å². The molecule has 0 fully saturated rings. The van der Waals surface area contributed by atoms with Gasteiger partial charge in [-0.15, -0.1) is 0 Å². The Hall–Kier alpha value is -2.17. The Morgan fingerprint density at radius 1 is 1.14 bits per heavy atom. The number of hydrogen-bond acceptors (Lipinski definition) is 3. The summed E-state index contributed by atoms with van der Waals surface area (Å²) in [6, 6.07) is 11.6. The first kappa shape index (κ1) is 14.8. The van der Waals surface area contributed by atoms with Gasteiger partial charge in [-0.05, 0) is 30.3 Å². The number of halogens is 2. The second-order valence-electron chi connectivity index (χ2n) is 4.75. The number of para-hydroxylation sites is 1. The maximum atomic E-state index is 12.3. The van der Waals surface area contributed by atoms with Crippen LogP contribution in [0.15, 0.2) is 47.3 Å². The highest BCUT2D eigenvalue weighted by Crippen LogP contribution is 2.22. The van der Waals surface area contributed by atoms with E-state index < -0.39 is 0 Å². The average molecular weight is 333 g/mol. The van der Waals surface area contributed by atoms with E-state index in [0.717, 1.165) is 0 Å². The average Bonchev–Trinajstić information content (AvgIpc) is 2.47. The zero-order chi connectivity index (χ0) is 15.7. The number of nitrogens with one attached hydrogen (secondary N) is 1. The first-order valence-electron chi connectivity index (χ1n) is 6.51. The van der Waals surface area contributed by atoms with Gasteiger partial charge in [0.1, 0.15) is 5.82 Å². The first-order chi connectivity index (χ1) is 10.5. The highest BCUT2D eigenvalue weighted by Gasteiger charge is 2.13. The summed E-state index contributed by atoms with van der Waals surface area (Å²) >= 11 is 11.8. The topological polar surface area (TPSA) is 62.8 Å². The molecule has 2 aromatic carbocycles. The summed E-state index contributed by atoms with van der Waals surface area (Å²) in [5, 5.41) is 1.22. The van der Waals surface area contributed by atoms with Gasteiger partial charge < -0.3 is 4.98 Å². The molecule has 6 heteroatoms. The van der Waals surface area contributed by atoms with Gasteiger partial charge in [-0.1, -0.05) is 35.3 Å². The van der Waals surface area contributed by atoms with E-state index in [9.17, 15) is 9.59 Å². The van der Waals surface area contributed by atoms with E-state index in [0.29, 0.717) is 27.3 Å². The lowest BCUT2D eigenvalue weighted by Crippen LogP contribution is -2.15. The number of ketones is 1. The molecule has 0 saturated heterocycles. The Morgan fingerprint density at radius 3 is 2.68 bits per heavy atom. The number of nitrogens with zero attached hydrogens (tertiary/aromatic N) is 1. The van der Waals surface area contributed by atoms with Crippen LogP contribution in [0.1, 0.15) is 16.2 Å². The number of fused-ring (bicyclic) bond motifs is 1. The molecule has 0 atom stereocenters. The Balaban J connectivity index is 1.96. The molecule has 22 heavy (non-hydrogen) atoms. The zero-order valence-corrected chi connectivity index (χ0v) is 12.8. The molecule has 0 aliphatic heterocycles. The third kappa shape index (κ3) is 2.89. The standard InChI is InChI=1S/C16H10Cl2N2O2/c17-9-5-6-10(12(18)7-9)14(21)8-15-19-13-4-2-1-3-11(13)16(22)20-15/h1-7H,8H2,(H,19,20,22). The Bertz CT molecular complexity index is 935. The minimum atomic E-state index is -0.268. The summed E-state index contributed by atoms with van der Waals surface area (Å²) in [4.78, 5) is 31.2. The predicted octanol–water partition coefficient (Wildman–Crippen LogP) is 3.66. The van der Waals surface area contributed by atoms with Crippen LogP contribution < -0.4 is 5.56 Å². The maximum absolute atomic E-state index is 12.3. The molecule has 1 aromatic heterocycles. The van der Waals surface area contributed by atoms with Crippen molar-refractivity contribution < 1.29 is 4.79 Å². The van der Waals surface area contributed by atoms with E-state index >= 15 is 0 Å². The van der Waals surface area contributed by atoms with Crippen molar-refractivity contribution in [1.29, 1.82) is 0 Å². The van der Waals surface area contributed by atoms with Crippen LogP contribution >= 0.6 is 23.2 Å². The van der Waals surface area contributed by atoms with Crippen LogP contribution in [0.5, 0.6) is 0 Å². The molecule has 0 radical (unpaired) electrons. The number of rotatable bonds is 3. The molecule has 4 nitrogen and oxygen atoms in total. The molecule has 0 amide bonds. The van der Waals surface area contributed by atoms with Crippen molar-refractivity contribution in [3.8, 4) is 0 Å². The van der Waals surface area contributed by atoms with Gasteiger partial charge in [0.15, 0.2) is 5.78 Å². The third-order valence-corrected chi connectivity index (χ3v) is 3.77. The molecule has 0 aliphatic rings.